The molecular weight excluding hydrogens is 464 g/mol. The number of aromatic hydroxyl groups is 1. The molecule has 0 radical (unpaired) electrons. The van der Waals surface area contributed by atoms with Crippen molar-refractivity contribution < 1.29 is 23.8 Å². The van der Waals surface area contributed by atoms with Gasteiger partial charge in [-0.25, -0.2) is 9.37 Å². The zero-order valence-corrected chi connectivity index (χ0v) is 19.2. The van der Waals surface area contributed by atoms with Crippen LogP contribution < -0.4 is 10.1 Å². The normalized spacial score (nSPS) is 29.1. The molecule has 0 aliphatic carbocycles. The molecule has 3 fully saturated rings. The second kappa shape index (κ2) is 7.24. The van der Waals surface area contributed by atoms with Crippen molar-refractivity contribution >= 4 is 40.1 Å². The average molecular weight is 486 g/mol. The fourth-order valence-electron chi connectivity index (χ4n) is 5.03. The van der Waals surface area contributed by atoms with Crippen LogP contribution in [0.15, 0.2) is 0 Å². The van der Waals surface area contributed by atoms with Gasteiger partial charge in [-0.05, 0) is 45.2 Å². The van der Waals surface area contributed by atoms with E-state index in [1.807, 2.05) is 20.8 Å². The van der Waals surface area contributed by atoms with Crippen LogP contribution in [-0.2, 0) is 9.53 Å². The molecule has 4 atom stereocenters. The van der Waals surface area contributed by atoms with Crippen LogP contribution in [-0.4, -0.2) is 73.3 Å². The van der Waals surface area contributed by atoms with E-state index in [4.69, 9.17) is 32.7 Å². The number of rotatable bonds is 4. The first-order chi connectivity index (χ1) is 15.0. The lowest BCUT2D eigenvalue weighted by atomic mass is 9.61. The fourth-order valence-corrected chi connectivity index (χ4v) is 5.36. The van der Waals surface area contributed by atoms with Gasteiger partial charge in [0.2, 0.25) is 17.0 Å². The lowest BCUT2D eigenvalue weighted by molar-refractivity contribution is -0.245. The number of piperidine rings is 1. The lowest BCUT2D eigenvalue weighted by Gasteiger charge is -2.72. The Morgan fingerprint density at radius 2 is 2.06 bits per heavy atom. The number of fused-ring (bicyclic) bond motifs is 1. The number of nitrogens with zero attached hydrogens (tertiary/aromatic N) is 4. The smallest absolute Gasteiger partial charge is 0.327 e. The van der Waals surface area contributed by atoms with Crippen LogP contribution in [0, 0.1) is 5.82 Å². The maximum Gasteiger partial charge on any atom is 0.327 e. The van der Waals surface area contributed by atoms with Gasteiger partial charge in [0.15, 0.2) is 11.0 Å². The van der Waals surface area contributed by atoms with Gasteiger partial charge in [-0.3, -0.25) is 9.69 Å². The average Bonchev–Trinajstić information content (AvgIpc) is 2.64. The number of piperazine rings is 1. The monoisotopic (exact) mass is 485 g/mol. The molecule has 3 saturated heterocycles. The van der Waals surface area contributed by atoms with Crippen LogP contribution in [0.2, 0.25) is 10.4 Å². The molecule has 5 heterocycles. The quantitative estimate of drug-likeness (QED) is 0.383. The predicted octanol–water partition coefficient (Wildman–Crippen LogP) is 2.45. The molecule has 2 aromatic rings. The van der Waals surface area contributed by atoms with E-state index < -0.39 is 28.0 Å². The summed E-state index contributed by atoms with van der Waals surface area (Å²) < 4.78 is 25.9. The zero-order chi connectivity index (χ0) is 23.0. The minimum absolute atomic E-state index is 0.0801. The summed E-state index contributed by atoms with van der Waals surface area (Å²) in [7, 11) is 0. The molecule has 0 bridgehead atoms. The maximum absolute atomic E-state index is 14.4. The van der Waals surface area contributed by atoms with Gasteiger partial charge in [-0.2, -0.15) is 9.97 Å². The third-order valence-corrected chi connectivity index (χ3v) is 6.71. The van der Waals surface area contributed by atoms with Crippen LogP contribution in [0.4, 0.5) is 4.39 Å². The highest BCUT2D eigenvalue weighted by Gasteiger charge is 2.71. The first-order valence-electron chi connectivity index (χ1n) is 10.3. The Kier molecular flexibility index (Phi) is 4.94. The van der Waals surface area contributed by atoms with Crippen LogP contribution in [0.25, 0.3) is 10.9 Å². The molecule has 5 rings (SSSR count). The molecule has 32 heavy (non-hydrogen) atoms. The summed E-state index contributed by atoms with van der Waals surface area (Å²) in [6, 6.07) is 0.242. The first-order valence-corrected chi connectivity index (χ1v) is 11.0. The third-order valence-electron chi connectivity index (χ3n) is 6.29. The van der Waals surface area contributed by atoms with Gasteiger partial charge in [0.1, 0.15) is 28.6 Å². The van der Waals surface area contributed by atoms with E-state index in [-0.39, 0.29) is 52.8 Å². The Morgan fingerprint density at radius 1 is 1.31 bits per heavy atom. The van der Waals surface area contributed by atoms with Gasteiger partial charge >= 0.3 is 5.97 Å². The van der Waals surface area contributed by atoms with Crippen LogP contribution in [0.1, 0.15) is 33.6 Å². The highest BCUT2D eigenvalue weighted by molar-refractivity contribution is 6.31. The van der Waals surface area contributed by atoms with Gasteiger partial charge in [0.05, 0.1) is 6.04 Å². The molecule has 0 saturated carbocycles. The second-order valence-corrected chi connectivity index (χ2v) is 10.2. The summed E-state index contributed by atoms with van der Waals surface area (Å²) in [5.41, 5.74) is -1.37. The summed E-state index contributed by atoms with van der Waals surface area (Å²) in [5.74, 6) is -1.75. The van der Waals surface area contributed by atoms with Crippen molar-refractivity contribution in [3.63, 3.8) is 0 Å². The van der Waals surface area contributed by atoms with E-state index in [0.717, 1.165) is 6.42 Å². The van der Waals surface area contributed by atoms with Crippen molar-refractivity contribution in [1.82, 2.24) is 25.2 Å². The highest BCUT2D eigenvalue weighted by atomic mass is 35.5. The summed E-state index contributed by atoms with van der Waals surface area (Å²) in [4.78, 5) is 26.4. The number of ether oxygens (including phenoxy) is 2. The summed E-state index contributed by atoms with van der Waals surface area (Å²) in [6.07, 6.45) is 1.42. The number of carbonyl (C=O) groups is 1. The molecule has 2 aromatic heterocycles. The molecule has 3 aliphatic heterocycles. The van der Waals surface area contributed by atoms with Gasteiger partial charge in [-0.15, -0.1) is 0 Å². The molecule has 0 aromatic carbocycles. The van der Waals surface area contributed by atoms with E-state index in [9.17, 15) is 14.3 Å². The Hall–Kier alpha value is -2.01. The number of hydrogen-bond acceptors (Lipinski definition) is 9. The Bertz CT molecular complexity index is 1130. The summed E-state index contributed by atoms with van der Waals surface area (Å²) in [6.45, 7) is 6.45. The number of carbonyl (C=O) groups excluding carboxylic acids is 1. The van der Waals surface area contributed by atoms with Crippen molar-refractivity contribution in [2.24, 2.45) is 0 Å². The fraction of sp³-hybridized carbons (Fsp3) is 0.600. The molecule has 2 N–H and O–H groups in total. The summed E-state index contributed by atoms with van der Waals surface area (Å²) >= 11 is 11.6. The minimum Gasteiger partial charge on any atom is -0.493 e. The largest absolute Gasteiger partial charge is 0.493 e. The zero-order valence-electron chi connectivity index (χ0n) is 17.7. The lowest BCUT2D eigenvalue weighted by Crippen LogP contribution is -2.89. The minimum atomic E-state index is -0.922. The predicted molar refractivity (Wildman–Crippen MR) is 113 cm³/mol. The highest BCUT2D eigenvalue weighted by Crippen LogP contribution is 2.55. The number of pyridine rings is 1. The topological polar surface area (TPSA) is 110 Å². The van der Waals surface area contributed by atoms with Crippen molar-refractivity contribution in [3.05, 3.63) is 16.3 Å². The molecule has 0 amide bonds. The van der Waals surface area contributed by atoms with Crippen LogP contribution in [0.3, 0.4) is 0 Å². The molecule has 9 nitrogen and oxygen atoms in total. The molecule has 1 unspecified atom stereocenters. The Balaban J connectivity index is 1.34. The van der Waals surface area contributed by atoms with Crippen molar-refractivity contribution in [2.45, 2.75) is 62.9 Å². The Labute approximate surface area is 193 Å². The van der Waals surface area contributed by atoms with Crippen LogP contribution >= 0.6 is 23.2 Å². The van der Waals surface area contributed by atoms with Crippen molar-refractivity contribution in [3.8, 4) is 11.8 Å². The van der Waals surface area contributed by atoms with E-state index in [2.05, 4.69) is 25.2 Å². The van der Waals surface area contributed by atoms with Crippen LogP contribution in [0.5, 0.6) is 11.8 Å². The third kappa shape index (κ3) is 3.27. The van der Waals surface area contributed by atoms with E-state index in [1.165, 1.54) is 0 Å². The number of esters is 1. The molecular formula is C20H22Cl2FN5O4. The van der Waals surface area contributed by atoms with Gasteiger partial charge < -0.3 is 19.9 Å². The number of nitrogens with one attached hydrogen (secondary N) is 1. The number of aromatic nitrogens is 3. The SMILES string of the molecule is CC(C)(C)OC(=O)C12C[C@H]3CN[C@H](COc4nc(Cl)c(F)c5nc(Cl)nc(O)c45)[C@@H](C1)N32. The second-order valence-electron chi connectivity index (χ2n) is 9.46. The van der Waals surface area contributed by atoms with Crippen molar-refractivity contribution in [1.29, 1.82) is 0 Å². The Morgan fingerprint density at radius 3 is 2.78 bits per heavy atom. The van der Waals surface area contributed by atoms with Gasteiger partial charge in [0.25, 0.3) is 0 Å². The standard InChI is InChI=1S/C20H22Cl2FN5O4/c1-19(2,3)32-17(30)20-4-8-6-24-9(10(5-20)28(8)20)7-31-16-11-13(12(23)14(21)26-16)25-18(22)27-15(11)29/h8-10,24H,4-7H2,1-3H3,(H,25,27,29)/t8-,9+,10+,20?/m0/s1. The number of hydrogen-bond donors (Lipinski definition) is 2. The molecule has 12 heteroatoms. The molecule has 0 spiro atoms. The van der Waals surface area contributed by atoms with E-state index in [1.54, 1.807) is 0 Å². The van der Waals surface area contributed by atoms with E-state index >= 15 is 0 Å². The van der Waals surface area contributed by atoms with Crippen molar-refractivity contribution in [2.75, 3.05) is 13.2 Å². The summed E-state index contributed by atoms with van der Waals surface area (Å²) in [5, 5.41) is 12.7. The molecule has 3 aliphatic rings. The van der Waals surface area contributed by atoms with Gasteiger partial charge in [-0.1, -0.05) is 11.6 Å². The number of halogens is 3. The maximum atomic E-state index is 14.4. The first kappa shape index (κ1) is 21.8. The van der Waals surface area contributed by atoms with E-state index in [0.29, 0.717) is 13.0 Å². The van der Waals surface area contributed by atoms with Gasteiger partial charge in [0, 0.05) is 18.6 Å². The molecule has 172 valence electrons.